The molecular formula is C15H25BrN2O. The van der Waals surface area contributed by atoms with E-state index in [4.69, 9.17) is 10.5 Å². The molecule has 0 fully saturated rings. The lowest BCUT2D eigenvalue weighted by molar-refractivity contribution is 0.0979. The molecule has 0 saturated heterocycles. The van der Waals surface area contributed by atoms with Crippen molar-refractivity contribution in [2.45, 2.75) is 26.8 Å². The van der Waals surface area contributed by atoms with Crippen LogP contribution in [0.25, 0.3) is 0 Å². The van der Waals surface area contributed by atoms with E-state index in [0.29, 0.717) is 6.54 Å². The SMILES string of the molecule is CCOCCN(CC)C(CN)c1ccc(C)cc1Br. The second kappa shape index (κ2) is 8.69. The van der Waals surface area contributed by atoms with E-state index in [2.05, 4.69) is 52.9 Å². The molecule has 0 saturated carbocycles. The van der Waals surface area contributed by atoms with Crippen LogP contribution in [0.4, 0.5) is 0 Å². The van der Waals surface area contributed by atoms with E-state index in [1.54, 1.807) is 0 Å². The van der Waals surface area contributed by atoms with Crippen molar-refractivity contribution >= 4 is 15.9 Å². The molecule has 0 aliphatic rings. The number of benzene rings is 1. The van der Waals surface area contributed by atoms with E-state index >= 15 is 0 Å². The van der Waals surface area contributed by atoms with Gasteiger partial charge in [-0.3, -0.25) is 4.90 Å². The van der Waals surface area contributed by atoms with Crippen molar-refractivity contribution in [1.29, 1.82) is 0 Å². The van der Waals surface area contributed by atoms with Crippen LogP contribution in [0.3, 0.4) is 0 Å². The molecule has 2 N–H and O–H groups in total. The van der Waals surface area contributed by atoms with Crippen molar-refractivity contribution in [2.75, 3.05) is 32.8 Å². The lowest BCUT2D eigenvalue weighted by Crippen LogP contribution is -2.36. The molecule has 0 aliphatic carbocycles. The molecule has 108 valence electrons. The van der Waals surface area contributed by atoms with Gasteiger partial charge in [-0.15, -0.1) is 0 Å². The zero-order valence-electron chi connectivity index (χ0n) is 12.2. The van der Waals surface area contributed by atoms with Gasteiger partial charge in [0.05, 0.1) is 6.61 Å². The largest absolute Gasteiger partial charge is 0.380 e. The van der Waals surface area contributed by atoms with Crippen LogP contribution in [-0.2, 0) is 4.74 Å². The second-order valence-corrected chi connectivity index (χ2v) is 5.46. The first kappa shape index (κ1) is 16.6. The molecule has 0 radical (unpaired) electrons. The third kappa shape index (κ3) is 4.88. The van der Waals surface area contributed by atoms with Crippen molar-refractivity contribution in [3.8, 4) is 0 Å². The van der Waals surface area contributed by atoms with Gasteiger partial charge in [-0.2, -0.15) is 0 Å². The second-order valence-electron chi connectivity index (χ2n) is 4.60. The Hall–Kier alpha value is -0.420. The monoisotopic (exact) mass is 328 g/mol. The number of nitrogens with zero attached hydrogens (tertiary/aromatic N) is 1. The van der Waals surface area contributed by atoms with E-state index < -0.39 is 0 Å². The Morgan fingerprint density at radius 2 is 2.11 bits per heavy atom. The van der Waals surface area contributed by atoms with E-state index in [9.17, 15) is 0 Å². The van der Waals surface area contributed by atoms with Crippen LogP contribution in [0, 0.1) is 6.92 Å². The van der Waals surface area contributed by atoms with Gasteiger partial charge in [-0.1, -0.05) is 35.0 Å². The first-order valence-corrected chi connectivity index (χ1v) is 7.71. The summed E-state index contributed by atoms with van der Waals surface area (Å²) in [5, 5.41) is 0. The highest BCUT2D eigenvalue weighted by Crippen LogP contribution is 2.28. The summed E-state index contributed by atoms with van der Waals surface area (Å²) in [6.45, 7) is 10.3. The Morgan fingerprint density at radius 1 is 1.37 bits per heavy atom. The number of halogens is 1. The summed E-state index contributed by atoms with van der Waals surface area (Å²) >= 11 is 3.65. The van der Waals surface area contributed by atoms with Gasteiger partial charge in [0.15, 0.2) is 0 Å². The normalized spacial score (nSPS) is 12.9. The van der Waals surface area contributed by atoms with E-state index in [1.807, 2.05) is 6.92 Å². The van der Waals surface area contributed by atoms with Gasteiger partial charge in [-0.05, 0) is 37.6 Å². The first-order valence-electron chi connectivity index (χ1n) is 6.91. The highest BCUT2D eigenvalue weighted by molar-refractivity contribution is 9.10. The van der Waals surface area contributed by atoms with Gasteiger partial charge >= 0.3 is 0 Å². The molecule has 1 aromatic carbocycles. The van der Waals surface area contributed by atoms with Crippen LogP contribution in [0.1, 0.15) is 31.0 Å². The predicted octanol–water partition coefficient (Wildman–Crippen LogP) is 3.12. The Bertz CT molecular complexity index is 384. The van der Waals surface area contributed by atoms with Crippen molar-refractivity contribution in [3.63, 3.8) is 0 Å². The number of aryl methyl sites for hydroxylation is 1. The maximum atomic E-state index is 5.99. The Labute approximate surface area is 125 Å². The number of likely N-dealkylation sites (N-methyl/N-ethyl adjacent to an activating group) is 1. The molecule has 3 nitrogen and oxygen atoms in total. The zero-order chi connectivity index (χ0) is 14.3. The zero-order valence-corrected chi connectivity index (χ0v) is 13.7. The van der Waals surface area contributed by atoms with Gasteiger partial charge in [-0.25, -0.2) is 0 Å². The molecule has 19 heavy (non-hydrogen) atoms. The molecule has 1 atom stereocenters. The highest BCUT2D eigenvalue weighted by atomic mass is 79.9. The average molecular weight is 329 g/mol. The molecular weight excluding hydrogens is 304 g/mol. The van der Waals surface area contributed by atoms with E-state index in [1.165, 1.54) is 11.1 Å². The molecule has 1 aromatic rings. The van der Waals surface area contributed by atoms with Gasteiger partial charge in [0.25, 0.3) is 0 Å². The third-order valence-corrected chi connectivity index (χ3v) is 4.00. The minimum Gasteiger partial charge on any atom is -0.380 e. The van der Waals surface area contributed by atoms with Crippen LogP contribution in [0.5, 0.6) is 0 Å². The Morgan fingerprint density at radius 3 is 2.63 bits per heavy atom. The fraction of sp³-hybridized carbons (Fsp3) is 0.600. The topological polar surface area (TPSA) is 38.5 Å². The minimum absolute atomic E-state index is 0.237. The standard InChI is InChI=1S/C15H25BrN2O/c1-4-18(8-9-19-5-2)15(11-17)13-7-6-12(3)10-14(13)16/h6-7,10,15H,4-5,8-9,11,17H2,1-3H3. The van der Waals surface area contributed by atoms with Crippen molar-refractivity contribution in [2.24, 2.45) is 5.73 Å². The third-order valence-electron chi connectivity index (χ3n) is 3.31. The molecule has 0 bridgehead atoms. The fourth-order valence-electron chi connectivity index (χ4n) is 2.24. The van der Waals surface area contributed by atoms with Crippen molar-refractivity contribution < 1.29 is 4.74 Å². The number of ether oxygens (including phenoxy) is 1. The molecule has 1 unspecified atom stereocenters. The van der Waals surface area contributed by atoms with E-state index in [0.717, 1.165) is 30.8 Å². The Kier molecular flexibility index (Phi) is 7.61. The summed E-state index contributed by atoms with van der Waals surface area (Å²) in [6, 6.07) is 6.69. The number of rotatable bonds is 8. The van der Waals surface area contributed by atoms with Gasteiger partial charge in [0, 0.05) is 30.2 Å². The summed E-state index contributed by atoms with van der Waals surface area (Å²) in [4.78, 5) is 2.37. The predicted molar refractivity (Wildman–Crippen MR) is 84.4 cm³/mol. The molecule has 0 aromatic heterocycles. The summed E-state index contributed by atoms with van der Waals surface area (Å²) < 4.78 is 6.59. The lowest BCUT2D eigenvalue weighted by atomic mass is 10.0. The molecule has 4 heteroatoms. The van der Waals surface area contributed by atoms with Gasteiger partial charge < -0.3 is 10.5 Å². The summed E-state index contributed by atoms with van der Waals surface area (Å²) in [5.74, 6) is 0. The van der Waals surface area contributed by atoms with Crippen LogP contribution in [-0.4, -0.2) is 37.7 Å². The van der Waals surface area contributed by atoms with Crippen LogP contribution in [0.15, 0.2) is 22.7 Å². The number of hydrogen-bond donors (Lipinski definition) is 1. The maximum Gasteiger partial charge on any atom is 0.0593 e. The summed E-state index contributed by atoms with van der Waals surface area (Å²) in [7, 11) is 0. The first-order chi connectivity index (χ1) is 9.13. The quantitative estimate of drug-likeness (QED) is 0.745. The van der Waals surface area contributed by atoms with Crippen LogP contribution < -0.4 is 5.73 Å². The van der Waals surface area contributed by atoms with Crippen LogP contribution in [0.2, 0.25) is 0 Å². The van der Waals surface area contributed by atoms with E-state index in [-0.39, 0.29) is 6.04 Å². The summed E-state index contributed by atoms with van der Waals surface area (Å²) in [6.07, 6.45) is 0. The number of hydrogen-bond acceptors (Lipinski definition) is 3. The maximum absolute atomic E-state index is 5.99. The molecule has 1 rings (SSSR count). The minimum atomic E-state index is 0.237. The fourth-order valence-corrected chi connectivity index (χ4v) is 2.99. The molecule has 0 spiro atoms. The Balaban J connectivity index is 2.84. The smallest absolute Gasteiger partial charge is 0.0593 e. The van der Waals surface area contributed by atoms with Crippen LogP contribution >= 0.6 is 15.9 Å². The van der Waals surface area contributed by atoms with Gasteiger partial charge in [0.1, 0.15) is 0 Å². The molecule has 0 aliphatic heterocycles. The average Bonchev–Trinajstić information content (AvgIpc) is 2.39. The number of nitrogens with two attached hydrogens (primary N) is 1. The lowest BCUT2D eigenvalue weighted by Gasteiger charge is -2.30. The van der Waals surface area contributed by atoms with Crippen molar-refractivity contribution in [3.05, 3.63) is 33.8 Å². The highest BCUT2D eigenvalue weighted by Gasteiger charge is 2.19. The molecule has 0 amide bonds. The van der Waals surface area contributed by atoms with Gasteiger partial charge in [0.2, 0.25) is 0 Å². The van der Waals surface area contributed by atoms with Crippen molar-refractivity contribution in [1.82, 2.24) is 4.90 Å². The summed E-state index contributed by atoms with van der Waals surface area (Å²) in [5.41, 5.74) is 8.50. The molecule has 0 heterocycles.